The summed E-state index contributed by atoms with van der Waals surface area (Å²) in [4.78, 5) is 29.3. The number of ether oxygens (including phenoxy) is 1. The van der Waals surface area contributed by atoms with Crippen molar-refractivity contribution in [1.29, 1.82) is 0 Å². The Morgan fingerprint density at radius 1 is 1.06 bits per heavy atom. The molecular formula is C28H40N4O3. The third-order valence-corrected chi connectivity index (χ3v) is 6.66. The molecule has 2 N–H and O–H groups in total. The van der Waals surface area contributed by atoms with Gasteiger partial charge in [-0.1, -0.05) is 24.3 Å². The van der Waals surface area contributed by atoms with Crippen molar-refractivity contribution in [3.05, 3.63) is 48.5 Å². The number of methoxy groups -OCH3 is 1. The van der Waals surface area contributed by atoms with Crippen molar-refractivity contribution in [2.75, 3.05) is 51.7 Å². The molecule has 2 aromatic rings. The number of carbonyl (C=O) groups excluding carboxylic acids is 2. The van der Waals surface area contributed by atoms with E-state index in [9.17, 15) is 9.59 Å². The van der Waals surface area contributed by atoms with Crippen molar-refractivity contribution in [2.24, 2.45) is 5.92 Å². The molecule has 0 bridgehead atoms. The Labute approximate surface area is 209 Å². The molecule has 0 aromatic heterocycles. The minimum atomic E-state index is -0.193. The first-order valence-corrected chi connectivity index (χ1v) is 12.8. The molecule has 1 aliphatic rings. The predicted molar refractivity (Wildman–Crippen MR) is 142 cm³/mol. The van der Waals surface area contributed by atoms with Gasteiger partial charge in [-0.3, -0.25) is 4.79 Å². The maximum Gasteiger partial charge on any atom is 0.319 e. The zero-order valence-corrected chi connectivity index (χ0v) is 21.4. The summed E-state index contributed by atoms with van der Waals surface area (Å²) in [5.41, 5.74) is 2.89. The summed E-state index contributed by atoms with van der Waals surface area (Å²) >= 11 is 0. The summed E-state index contributed by atoms with van der Waals surface area (Å²) in [5.74, 6) is 1.25. The minimum absolute atomic E-state index is 0.128. The Balaban J connectivity index is 1.34. The van der Waals surface area contributed by atoms with Gasteiger partial charge < -0.3 is 25.2 Å². The van der Waals surface area contributed by atoms with Gasteiger partial charge in [-0.25, -0.2) is 4.79 Å². The number of amides is 3. The van der Waals surface area contributed by atoms with E-state index in [4.69, 9.17) is 4.74 Å². The summed E-state index contributed by atoms with van der Waals surface area (Å²) in [6.45, 7) is 9.17. The van der Waals surface area contributed by atoms with Gasteiger partial charge in [-0.2, -0.15) is 0 Å². The standard InChI is InChI=1S/C28H40N4O3/c1-4-32(5-2)27(33)24-11-9-19-31(21-24)18-7-6-17-29-28(34)30-25-15-13-22(14-16-25)23-10-8-12-26(20-23)35-3/h8,10,12-16,20,24H,4-7,9,11,17-19,21H2,1-3H3,(H2,29,30,34). The number of nitrogens with zero attached hydrogens (tertiary/aromatic N) is 2. The first kappa shape index (κ1) is 26.5. The molecule has 0 aliphatic carbocycles. The Kier molecular flexibility index (Phi) is 10.4. The second-order valence-electron chi connectivity index (χ2n) is 9.05. The van der Waals surface area contributed by atoms with E-state index in [0.29, 0.717) is 12.5 Å². The Bertz CT molecular complexity index is 943. The molecule has 35 heavy (non-hydrogen) atoms. The molecule has 0 spiro atoms. The molecule has 7 nitrogen and oxygen atoms in total. The lowest BCUT2D eigenvalue weighted by Gasteiger charge is -2.34. The summed E-state index contributed by atoms with van der Waals surface area (Å²) in [6.07, 6.45) is 3.98. The van der Waals surface area contributed by atoms with E-state index in [2.05, 4.69) is 15.5 Å². The fraction of sp³-hybridized carbons (Fsp3) is 0.500. The van der Waals surface area contributed by atoms with Crippen molar-refractivity contribution in [2.45, 2.75) is 39.5 Å². The van der Waals surface area contributed by atoms with Crippen molar-refractivity contribution in [1.82, 2.24) is 15.1 Å². The lowest BCUT2D eigenvalue weighted by Crippen LogP contribution is -2.45. The number of benzene rings is 2. The Hall–Kier alpha value is -3.06. The highest BCUT2D eigenvalue weighted by Gasteiger charge is 2.27. The van der Waals surface area contributed by atoms with Crippen LogP contribution in [-0.4, -0.2) is 68.1 Å². The van der Waals surface area contributed by atoms with Crippen molar-refractivity contribution in [3.63, 3.8) is 0 Å². The molecule has 1 unspecified atom stereocenters. The second kappa shape index (κ2) is 13.7. The molecule has 1 saturated heterocycles. The van der Waals surface area contributed by atoms with Crippen molar-refractivity contribution in [3.8, 4) is 16.9 Å². The maximum absolute atomic E-state index is 12.7. The topological polar surface area (TPSA) is 73.9 Å². The second-order valence-corrected chi connectivity index (χ2v) is 9.05. The lowest BCUT2D eigenvalue weighted by atomic mass is 9.96. The van der Waals surface area contributed by atoms with Gasteiger partial charge in [0.1, 0.15) is 5.75 Å². The average molecular weight is 481 g/mol. The largest absolute Gasteiger partial charge is 0.497 e. The third-order valence-electron chi connectivity index (χ3n) is 6.66. The molecule has 1 fully saturated rings. The van der Waals surface area contributed by atoms with E-state index in [1.807, 2.05) is 67.3 Å². The highest BCUT2D eigenvalue weighted by atomic mass is 16.5. The fourth-order valence-electron chi connectivity index (χ4n) is 4.64. The van der Waals surface area contributed by atoms with Gasteiger partial charge in [0.15, 0.2) is 0 Å². The average Bonchev–Trinajstić information content (AvgIpc) is 2.89. The normalized spacial score (nSPS) is 15.9. The number of piperidine rings is 1. The number of hydrogen-bond donors (Lipinski definition) is 2. The predicted octanol–water partition coefficient (Wildman–Crippen LogP) is 4.84. The molecule has 0 radical (unpaired) electrons. The fourth-order valence-corrected chi connectivity index (χ4v) is 4.64. The number of hydrogen-bond acceptors (Lipinski definition) is 4. The van der Waals surface area contributed by atoms with E-state index in [-0.39, 0.29) is 11.9 Å². The van der Waals surface area contributed by atoms with Crippen LogP contribution in [0.3, 0.4) is 0 Å². The lowest BCUT2D eigenvalue weighted by molar-refractivity contribution is -0.137. The van der Waals surface area contributed by atoms with Crippen molar-refractivity contribution >= 4 is 17.6 Å². The van der Waals surface area contributed by atoms with Crippen molar-refractivity contribution < 1.29 is 14.3 Å². The van der Waals surface area contributed by atoms with Crippen LogP contribution in [0.25, 0.3) is 11.1 Å². The van der Waals surface area contributed by atoms with Crippen LogP contribution in [0.2, 0.25) is 0 Å². The van der Waals surface area contributed by atoms with Gasteiger partial charge in [0, 0.05) is 31.9 Å². The molecule has 3 amide bonds. The number of rotatable bonds is 11. The van der Waals surface area contributed by atoms with Crippen LogP contribution in [0.15, 0.2) is 48.5 Å². The van der Waals surface area contributed by atoms with Crippen LogP contribution < -0.4 is 15.4 Å². The number of likely N-dealkylation sites (tertiary alicyclic amines) is 1. The molecule has 1 aliphatic heterocycles. The van der Waals surface area contributed by atoms with Gasteiger partial charge in [-0.15, -0.1) is 0 Å². The molecule has 3 rings (SSSR count). The van der Waals surface area contributed by atoms with E-state index >= 15 is 0 Å². The SMILES string of the molecule is CCN(CC)C(=O)C1CCCN(CCCCNC(=O)Nc2ccc(-c3cccc(OC)c3)cc2)C1. The first-order valence-electron chi connectivity index (χ1n) is 12.8. The number of carbonyl (C=O) groups is 2. The van der Waals surface area contributed by atoms with E-state index in [0.717, 1.165) is 81.0 Å². The van der Waals surface area contributed by atoms with E-state index in [1.54, 1.807) is 7.11 Å². The number of unbranched alkanes of at least 4 members (excludes halogenated alkanes) is 1. The quantitative estimate of drug-likeness (QED) is 0.451. The van der Waals surface area contributed by atoms with Gasteiger partial charge in [-0.05, 0) is 88.0 Å². The van der Waals surface area contributed by atoms with E-state index in [1.165, 1.54) is 0 Å². The number of urea groups is 1. The third kappa shape index (κ3) is 7.99. The summed E-state index contributed by atoms with van der Waals surface area (Å²) in [6, 6.07) is 15.5. The van der Waals surface area contributed by atoms with Crippen LogP contribution in [0, 0.1) is 5.92 Å². The molecule has 1 heterocycles. The molecule has 1 atom stereocenters. The number of nitrogens with one attached hydrogen (secondary N) is 2. The smallest absolute Gasteiger partial charge is 0.319 e. The Morgan fingerprint density at radius 2 is 1.83 bits per heavy atom. The van der Waals surface area contributed by atoms with Gasteiger partial charge in [0.2, 0.25) is 5.91 Å². The Morgan fingerprint density at radius 3 is 2.54 bits per heavy atom. The minimum Gasteiger partial charge on any atom is -0.497 e. The number of anilines is 1. The summed E-state index contributed by atoms with van der Waals surface area (Å²) in [5, 5.41) is 5.84. The molecule has 0 saturated carbocycles. The van der Waals surface area contributed by atoms with Crippen LogP contribution in [0.1, 0.15) is 39.5 Å². The maximum atomic E-state index is 12.7. The van der Waals surface area contributed by atoms with Gasteiger partial charge in [0.25, 0.3) is 0 Å². The van der Waals surface area contributed by atoms with E-state index < -0.39 is 0 Å². The van der Waals surface area contributed by atoms with Crippen LogP contribution in [-0.2, 0) is 4.79 Å². The molecular weight excluding hydrogens is 440 g/mol. The monoisotopic (exact) mass is 480 g/mol. The van der Waals surface area contributed by atoms with Gasteiger partial charge in [0.05, 0.1) is 13.0 Å². The zero-order chi connectivity index (χ0) is 25.0. The summed E-state index contributed by atoms with van der Waals surface area (Å²) in [7, 11) is 1.66. The van der Waals surface area contributed by atoms with Crippen LogP contribution in [0.5, 0.6) is 5.75 Å². The van der Waals surface area contributed by atoms with Crippen LogP contribution in [0.4, 0.5) is 10.5 Å². The highest BCUT2D eigenvalue weighted by Crippen LogP contribution is 2.25. The molecule has 190 valence electrons. The highest BCUT2D eigenvalue weighted by molar-refractivity contribution is 5.89. The zero-order valence-electron chi connectivity index (χ0n) is 21.4. The molecule has 2 aromatic carbocycles. The van der Waals surface area contributed by atoms with Gasteiger partial charge >= 0.3 is 6.03 Å². The summed E-state index contributed by atoms with van der Waals surface area (Å²) < 4.78 is 5.29. The van der Waals surface area contributed by atoms with Crippen LogP contribution >= 0.6 is 0 Å². The molecule has 7 heteroatoms. The first-order chi connectivity index (χ1) is 17.0.